The molecule has 2 unspecified atom stereocenters. The quantitative estimate of drug-likeness (QED) is 0.512. The van der Waals surface area contributed by atoms with Crippen LogP contribution in [0.2, 0.25) is 0 Å². The number of hydrogen-bond acceptors (Lipinski definition) is 1. The van der Waals surface area contributed by atoms with E-state index in [0.29, 0.717) is 0 Å². The van der Waals surface area contributed by atoms with Crippen molar-refractivity contribution in [3.63, 3.8) is 0 Å². The van der Waals surface area contributed by atoms with Crippen LogP contribution in [0.3, 0.4) is 0 Å². The molecule has 0 bridgehead atoms. The number of rotatable bonds is 0. The highest BCUT2D eigenvalue weighted by atomic mass is 14.8. The Morgan fingerprint density at radius 3 is 3.22 bits per heavy atom. The van der Waals surface area contributed by atoms with Crippen LogP contribution in [-0.2, 0) is 0 Å². The van der Waals surface area contributed by atoms with Crippen molar-refractivity contribution in [2.75, 3.05) is 0 Å². The third kappa shape index (κ3) is 0.724. The molecule has 0 saturated heterocycles. The van der Waals surface area contributed by atoms with E-state index in [1.54, 1.807) is 0 Å². The second-order valence-corrected chi connectivity index (χ2v) is 3.04. The topological polar surface area (TPSA) is 26.0 Å². The van der Waals surface area contributed by atoms with Gasteiger partial charge >= 0.3 is 0 Å². The molecule has 0 spiro atoms. The van der Waals surface area contributed by atoms with E-state index < -0.39 is 0 Å². The molecule has 1 nitrogen and oxygen atoms in total. The minimum absolute atomic E-state index is 0.0868. The molecule has 1 heteroatoms. The Bertz CT molecular complexity index is 181. The summed E-state index contributed by atoms with van der Waals surface area (Å²) in [7, 11) is 0. The lowest BCUT2D eigenvalue weighted by Gasteiger charge is -1.99. The predicted octanol–water partition coefficient (Wildman–Crippen LogP) is 1.22. The summed E-state index contributed by atoms with van der Waals surface area (Å²) in [5, 5.41) is 0. The third-order valence-corrected chi connectivity index (χ3v) is 2.27. The van der Waals surface area contributed by atoms with Gasteiger partial charge in [0, 0.05) is 5.54 Å². The maximum absolute atomic E-state index is 5.93. The fraction of sp³-hybridized carbons (Fsp3) is 0.500. The van der Waals surface area contributed by atoms with Gasteiger partial charge in [0.2, 0.25) is 0 Å². The van der Waals surface area contributed by atoms with Crippen LogP contribution in [0.15, 0.2) is 24.3 Å². The summed E-state index contributed by atoms with van der Waals surface area (Å²) < 4.78 is 0. The molecule has 0 aromatic heterocycles. The van der Waals surface area contributed by atoms with E-state index >= 15 is 0 Å². The van der Waals surface area contributed by atoms with E-state index in [9.17, 15) is 0 Å². The summed E-state index contributed by atoms with van der Waals surface area (Å²) in [6, 6.07) is 0. The van der Waals surface area contributed by atoms with Crippen LogP contribution in [0.1, 0.15) is 12.8 Å². The van der Waals surface area contributed by atoms with Crippen molar-refractivity contribution in [3.05, 3.63) is 24.3 Å². The molecule has 0 aromatic carbocycles. The highest BCUT2D eigenvalue weighted by Gasteiger charge is 2.47. The minimum atomic E-state index is 0.0868. The maximum Gasteiger partial charge on any atom is 0.0378 e. The van der Waals surface area contributed by atoms with Gasteiger partial charge < -0.3 is 5.73 Å². The Hall–Kier alpha value is -0.560. The molecule has 2 aliphatic carbocycles. The molecule has 2 aliphatic rings. The SMILES string of the molecule is NC12C=CC=CCC1C2. The van der Waals surface area contributed by atoms with E-state index in [0.717, 1.165) is 5.92 Å². The van der Waals surface area contributed by atoms with Crippen LogP contribution >= 0.6 is 0 Å². The molecule has 0 aliphatic heterocycles. The van der Waals surface area contributed by atoms with Crippen molar-refractivity contribution in [3.8, 4) is 0 Å². The zero-order valence-corrected chi connectivity index (χ0v) is 5.38. The van der Waals surface area contributed by atoms with E-state index in [1.807, 2.05) is 0 Å². The van der Waals surface area contributed by atoms with Gasteiger partial charge in [0.1, 0.15) is 0 Å². The summed E-state index contributed by atoms with van der Waals surface area (Å²) in [5.74, 6) is 0.743. The average Bonchev–Trinajstić information content (AvgIpc) is 2.40. The summed E-state index contributed by atoms with van der Waals surface area (Å²) in [6.07, 6.45) is 10.8. The smallest absolute Gasteiger partial charge is 0.0378 e. The molecule has 0 amide bonds. The molecule has 48 valence electrons. The van der Waals surface area contributed by atoms with E-state index in [-0.39, 0.29) is 5.54 Å². The fourth-order valence-electron chi connectivity index (χ4n) is 1.43. The molecule has 2 rings (SSSR count). The Labute approximate surface area is 55.2 Å². The van der Waals surface area contributed by atoms with Crippen LogP contribution in [0.4, 0.5) is 0 Å². The molecule has 0 heterocycles. The van der Waals surface area contributed by atoms with Crippen molar-refractivity contribution in [2.45, 2.75) is 18.4 Å². The second kappa shape index (κ2) is 1.48. The molecule has 2 atom stereocenters. The first-order valence-electron chi connectivity index (χ1n) is 3.44. The van der Waals surface area contributed by atoms with Crippen LogP contribution in [0.5, 0.6) is 0 Å². The largest absolute Gasteiger partial charge is 0.322 e. The summed E-state index contributed by atoms with van der Waals surface area (Å²) in [4.78, 5) is 0. The molecule has 2 N–H and O–H groups in total. The number of fused-ring (bicyclic) bond motifs is 1. The normalized spacial score (nSPS) is 46.1. The monoisotopic (exact) mass is 121 g/mol. The Kier molecular flexibility index (Phi) is 0.862. The van der Waals surface area contributed by atoms with Gasteiger partial charge in [0.05, 0.1) is 0 Å². The molecule has 9 heavy (non-hydrogen) atoms. The molecule has 1 fully saturated rings. The van der Waals surface area contributed by atoms with Gasteiger partial charge in [-0.1, -0.05) is 24.3 Å². The van der Waals surface area contributed by atoms with Gasteiger partial charge in [-0.25, -0.2) is 0 Å². The van der Waals surface area contributed by atoms with Gasteiger partial charge in [-0.2, -0.15) is 0 Å². The van der Waals surface area contributed by atoms with Gasteiger partial charge in [0.15, 0.2) is 0 Å². The van der Waals surface area contributed by atoms with Crippen molar-refractivity contribution in [2.24, 2.45) is 11.7 Å². The van der Waals surface area contributed by atoms with E-state index in [1.165, 1.54) is 12.8 Å². The maximum atomic E-state index is 5.93. The van der Waals surface area contributed by atoms with Gasteiger partial charge in [0.25, 0.3) is 0 Å². The van der Waals surface area contributed by atoms with E-state index in [2.05, 4.69) is 24.3 Å². The molecular formula is C8H11N. The molecule has 1 saturated carbocycles. The molecule has 0 radical (unpaired) electrons. The number of nitrogens with two attached hydrogens (primary N) is 1. The minimum Gasteiger partial charge on any atom is -0.322 e. The van der Waals surface area contributed by atoms with Crippen LogP contribution < -0.4 is 5.73 Å². The highest BCUT2D eigenvalue weighted by molar-refractivity contribution is 5.27. The summed E-state index contributed by atoms with van der Waals surface area (Å²) >= 11 is 0. The van der Waals surface area contributed by atoms with Gasteiger partial charge in [-0.15, -0.1) is 0 Å². The first-order chi connectivity index (χ1) is 4.31. The summed E-state index contributed by atoms with van der Waals surface area (Å²) in [6.45, 7) is 0. The predicted molar refractivity (Wildman–Crippen MR) is 37.9 cm³/mol. The Morgan fingerprint density at radius 1 is 1.44 bits per heavy atom. The van der Waals surface area contributed by atoms with Crippen molar-refractivity contribution in [1.29, 1.82) is 0 Å². The van der Waals surface area contributed by atoms with Crippen molar-refractivity contribution < 1.29 is 0 Å². The fourth-order valence-corrected chi connectivity index (χ4v) is 1.43. The van der Waals surface area contributed by atoms with E-state index in [4.69, 9.17) is 5.73 Å². The number of allylic oxidation sites excluding steroid dienone is 3. The Balaban J connectivity index is 2.21. The van der Waals surface area contributed by atoms with Crippen LogP contribution in [0, 0.1) is 5.92 Å². The Morgan fingerprint density at radius 2 is 2.33 bits per heavy atom. The van der Waals surface area contributed by atoms with Crippen LogP contribution in [-0.4, -0.2) is 5.54 Å². The first-order valence-corrected chi connectivity index (χ1v) is 3.44. The van der Waals surface area contributed by atoms with Gasteiger partial charge in [-0.05, 0) is 18.8 Å². The standard InChI is InChI=1S/C8H11N/c9-8-5-3-1-2-4-7(8)6-8/h1-3,5,7H,4,6,9H2. The molecule has 0 aromatic rings. The van der Waals surface area contributed by atoms with Crippen LogP contribution in [0.25, 0.3) is 0 Å². The second-order valence-electron chi connectivity index (χ2n) is 3.04. The lowest BCUT2D eigenvalue weighted by atomic mass is 10.2. The van der Waals surface area contributed by atoms with Crippen molar-refractivity contribution >= 4 is 0 Å². The lowest BCUT2D eigenvalue weighted by molar-refractivity contribution is 0.717. The highest BCUT2D eigenvalue weighted by Crippen LogP contribution is 2.45. The molecular weight excluding hydrogens is 110 g/mol. The van der Waals surface area contributed by atoms with Crippen molar-refractivity contribution in [1.82, 2.24) is 0 Å². The average molecular weight is 121 g/mol. The number of hydrogen-bond donors (Lipinski definition) is 1. The first kappa shape index (κ1) is 5.24. The third-order valence-electron chi connectivity index (χ3n) is 2.27. The zero-order valence-electron chi connectivity index (χ0n) is 5.38. The summed E-state index contributed by atoms with van der Waals surface area (Å²) in [5.41, 5.74) is 6.01. The van der Waals surface area contributed by atoms with Gasteiger partial charge in [-0.3, -0.25) is 0 Å². The lowest BCUT2D eigenvalue weighted by Crippen LogP contribution is -2.20. The zero-order chi connectivity index (χ0) is 6.32.